The van der Waals surface area contributed by atoms with Crippen LogP contribution in [0.3, 0.4) is 0 Å². The second-order valence-electron chi connectivity index (χ2n) is 7.85. The summed E-state index contributed by atoms with van der Waals surface area (Å²) >= 11 is 0. The van der Waals surface area contributed by atoms with E-state index < -0.39 is 11.5 Å². The van der Waals surface area contributed by atoms with Gasteiger partial charge in [0.15, 0.2) is 0 Å². The summed E-state index contributed by atoms with van der Waals surface area (Å²) in [5.74, 6) is -2.99. The average Bonchev–Trinajstić information content (AvgIpc) is 3.42. The molecule has 1 aromatic carbocycles. The zero-order valence-electron chi connectivity index (χ0n) is 15.6. The van der Waals surface area contributed by atoms with Gasteiger partial charge in [-0.15, -0.1) is 0 Å². The van der Waals surface area contributed by atoms with Crippen LogP contribution in [0.5, 0.6) is 0 Å². The second-order valence-corrected chi connectivity index (χ2v) is 7.85. The molecule has 148 valence electrons. The molecule has 4 rings (SSSR count). The Kier molecular flexibility index (Phi) is 4.51. The highest BCUT2D eigenvalue weighted by Gasteiger charge is 2.38. The zero-order valence-corrected chi connectivity index (χ0v) is 15.6. The Labute approximate surface area is 161 Å². The van der Waals surface area contributed by atoms with E-state index in [2.05, 4.69) is 15.5 Å². The van der Waals surface area contributed by atoms with Crippen LogP contribution in [0.15, 0.2) is 40.7 Å². The van der Waals surface area contributed by atoms with Crippen LogP contribution in [-0.2, 0) is 10.3 Å². The Hall–Kier alpha value is -2.64. The largest absolute Gasteiger partial charge is 0.338 e. The number of carbonyl (C=O) groups excluding carboxylic acids is 2. The van der Waals surface area contributed by atoms with Crippen molar-refractivity contribution in [2.24, 2.45) is 16.1 Å². The lowest BCUT2D eigenvalue weighted by Gasteiger charge is -2.33. The van der Waals surface area contributed by atoms with Gasteiger partial charge in [0.2, 0.25) is 5.91 Å². The van der Waals surface area contributed by atoms with Crippen molar-refractivity contribution >= 4 is 17.5 Å². The number of benzene rings is 1. The Bertz CT molecular complexity index is 855. The van der Waals surface area contributed by atoms with Gasteiger partial charge < -0.3 is 10.2 Å². The number of alkyl halides is 2. The van der Waals surface area contributed by atoms with Crippen LogP contribution in [0.2, 0.25) is 0 Å². The molecule has 0 radical (unpaired) electrons. The monoisotopic (exact) mass is 388 g/mol. The van der Waals surface area contributed by atoms with E-state index in [0.717, 1.165) is 12.8 Å². The van der Waals surface area contributed by atoms with Crippen LogP contribution in [0, 0.1) is 5.92 Å². The summed E-state index contributed by atoms with van der Waals surface area (Å²) in [6, 6.07) is 5.05. The number of rotatable bonds is 4. The van der Waals surface area contributed by atoms with Crippen molar-refractivity contribution in [3.05, 3.63) is 41.6 Å². The summed E-state index contributed by atoms with van der Waals surface area (Å²) in [5, 5.41) is 11.0. The van der Waals surface area contributed by atoms with E-state index in [-0.39, 0.29) is 43.7 Å². The normalized spacial score (nSPS) is 25.8. The van der Waals surface area contributed by atoms with Gasteiger partial charge in [-0.05, 0) is 49.6 Å². The lowest BCUT2D eigenvalue weighted by atomic mass is 9.88. The fraction of sp³-hybridized carbons (Fsp3) is 0.500. The fourth-order valence-electron chi connectivity index (χ4n) is 3.53. The summed E-state index contributed by atoms with van der Waals surface area (Å²) in [5.41, 5.74) is 0.735. The molecule has 2 fully saturated rings. The first-order valence-corrected chi connectivity index (χ1v) is 9.50. The lowest BCUT2D eigenvalue weighted by Crippen LogP contribution is -2.43. The summed E-state index contributed by atoms with van der Waals surface area (Å²) in [6.45, 7) is 1.85. The van der Waals surface area contributed by atoms with Crippen molar-refractivity contribution in [3.8, 4) is 0 Å². The predicted octanol–water partition coefficient (Wildman–Crippen LogP) is 4.10. The Morgan fingerprint density at radius 2 is 1.93 bits per heavy atom. The number of azo groups is 1. The van der Waals surface area contributed by atoms with Crippen molar-refractivity contribution in [1.82, 2.24) is 4.90 Å². The minimum absolute atomic E-state index is 0.0134. The van der Waals surface area contributed by atoms with Crippen molar-refractivity contribution in [3.63, 3.8) is 0 Å². The highest BCUT2D eigenvalue weighted by molar-refractivity contribution is 5.98. The van der Waals surface area contributed by atoms with Gasteiger partial charge in [-0.3, -0.25) is 9.59 Å². The SMILES string of the molecule is CC1(c2cc(NC(=O)C3CC3)ccc2C(=O)N2CCC(F)(F)CC2)C=CN=N1. The number of nitrogens with one attached hydrogen (secondary N) is 1. The molecule has 8 heteroatoms. The molecule has 3 aliphatic rings. The molecule has 1 N–H and O–H groups in total. The van der Waals surface area contributed by atoms with E-state index in [9.17, 15) is 18.4 Å². The molecule has 6 nitrogen and oxygen atoms in total. The molecular weight excluding hydrogens is 366 g/mol. The first-order valence-electron chi connectivity index (χ1n) is 9.50. The molecule has 0 bridgehead atoms. The van der Waals surface area contributed by atoms with E-state index in [0.29, 0.717) is 16.8 Å². The minimum atomic E-state index is -2.72. The molecule has 28 heavy (non-hydrogen) atoms. The summed E-state index contributed by atoms with van der Waals surface area (Å²) in [4.78, 5) is 26.6. The maximum atomic E-state index is 13.5. The smallest absolute Gasteiger partial charge is 0.254 e. The number of amides is 2. The highest BCUT2D eigenvalue weighted by atomic mass is 19.3. The molecule has 1 unspecified atom stereocenters. The molecule has 2 amide bonds. The van der Waals surface area contributed by atoms with E-state index >= 15 is 0 Å². The van der Waals surface area contributed by atoms with Crippen LogP contribution in [0.1, 0.15) is 48.5 Å². The number of nitrogens with zero attached hydrogens (tertiary/aromatic N) is 3. The van der Waals surface area contributed by atoms with E-state index in [1.807, 2.05) is 6.92 Å². The van der Waals surface area contributed by atoms with Gasteiger partial charge in [-0.1, -0.05) is 0 Å². The average molecular weight is 388 g/mol. The summed E-state index contributed by atoms with van der Waals surface area (Å²) in [6.07, 6.45) is 4.45. The Morgan fingerprint density at radius 1 is 1.21 bits per heavy atom. The fourth-order valence-corrected chi connectivity index (χ4v) is 3.53. The van der Waals surface area contributed by atoms with Crippen molar-refractivity contribution in [1.29, 1.82) is 0 Å². The number of halogens is 2. The third-order valence-electron chi connectivity index (χ3n) is 5.52. The molecule has 1 aliphatic carbocycles. The van der Waals surface area contributed by atoms with Crippen LogP contribution < -0.4 is 5.32 Å². The van der Waals surface area contributed by atoms with Gasteiger partial charge in [0.05, 0.1) is 0 Å². The van der Waals surface area contributed by atoms with Gasteiger partial charge in [0.1, 0.15) is 5.54 Å². The first-order chi connectivity index (χ1) is 13.3. The molecule has 0 spiro atoms. The molecule has 1 saturated heterocycles. The maximum Gasteiger partial charge on any atom is 0.254 e. The van der Waals surface area contributed by atoms with Crippen molar-refractivity contribution < 1.29 is 18.4 Å². The number of piperidine rings is 1. The highest BCUT2D eigenvalue weighted by Crippen LogP contribution is 2.37. The van der Waals surface area contributed by atoms with Crippen LogP contribution in [0.4, 0.5) is 14.5 Å². The van der Waals surface area contributed by atoms with Gasteiger partial charge >= 0.3 is 0 Å². The quantitative estimate of drug-likeness (QED) is 0.843. The number of hydrogen-bond donors (Lipinski definition) is 1. The Balaban J connectivity index is 1.64. The van der Waals surface area contributed by atoms with Crippen LogP contribution >= 0.6 is 0 Å². The van der Waals surface area contributed by atoms with Gasteiger partial charge in [-0.2, -0.15) is 10.2 Å². The molecule has 2 heterocycles. The minimum Gasteiger partial charge on any atom is -0.338 e. The molecule has 1 saturated carbocycles. The molecule has 1 aromatic rings. The van der Waals surface area contributed by atoms with E-state index in [1.165, 1.54) is 4.90 Å². The number of hydrogen-bond acceptors (Lipinski definition) is 4. The number of likely N-dealkylation sites (tertiary alicyclic amines) is 1. The van der Waals surface area contributed by atoms with Gasteiger partial charge in [0.25, 0.3) is 11.8 Å². The maximum absolute atomic E-state index is 13.5. The van der Waals surface area contributed by atoms with Gasteiger partial charge in [-0.25, -0.2) is 8.78 Å². The van der Waals surface area contributed by atoms with E-state index in [1.54, 1.807) is 30.5 Å². The van der Waals surface area contributed by atoms with Crippen LogP contribution in [-0.4, -0.2) is 35.7 Å². The molecule has 0 aromatic heterocycles. The third-order valence-corrected chi connectivity index (χ3v) is 5.52. The number of carbonyl (C=O) groups is 2. The zero-order chi connectivity index (χ0) is 19.9. The second kappa shape index (κ2) is 6.76. The van der Waals surface area contributed by atoms with E-state index in [4.69, 9.17) is 0 Å². The first kappa shape index (κ1) is 18.7. The standard InChI is InChI=1S/C20H22F2N4O2/c1-19(6-9-23-25-19)16-12-14(24-17(27)13-2-3-13)4-5-15(16)18(28)26-10-7-20(21,22)8-11-26/h4-6,9,12-13H,2-3,7-8,10-11H2,1H3,(H,24,27). The molecule has 1 atom stereocenters. The molecular formula is C20H22F2N4O2. The topological polar surface area (TPSA) is 74.1 Å². The van der Waals surface area contributed by atoms with Crippen molar-refractivity contribution in [2.75, 3.05) is 18.4 Å². The van der Waals surface area contributed by atoms with Gasteiger partial charge in [0, 0.05) is 49.3 Å². The Morgan fingerprint density at radius 3 is 2.54 bits per heavy atom. The summed E-state index contributed by atoms with van der Waals surface area (Å²) in [7, 11) is 0. The van der Waals surface area contributed by atoms with Crippen molar-refractivity contribution in [2.45, 2.75) is 44.1 Å². The van der Waals surface area contributed by atoms with Crippen LogP contribution in [0.25, 0.3) is 0 Å². The molecule has 2 aliphatic heterocycles. The summed E-state index contributed by atoms with van der Waals surface area (Å²) < 4.78 is 26.9. The lowest BCUT2D eigenvalue weighted by molar-refractivity contribution is -0.117. The predicted molar refractivity (Wildman–Crippen MR) is 99.2 cm³/mol. The third kappa shape index (κ3) is 3.68. The number of anilines is 1.